The van der Waals surface area contributed by atoms with Crippen LogP contribution in [0.2, 0.25) is 0 Å². The Hall–Kier alpha value is -0.740. The monoisotopic (exact) mass is 318 g/mol. The number of carbonyl (C=O) groups is 2. The molecule has 0 amide bonds. The zero-order valence-corrected chi connectivity index (χ0v) is 14.4. The number of carbonyl (C=O) groups excluding carboxylic acids is 2. The number of hydrogen-bond donors (Lipinski definition) is 2. The lowest BCUT2D eigenvalue weighted by molar-refractivity contribution is -0.131. The summed E-state index contributed by atoms with van der Waals surface area (Å²) in [5, 5.41) is 7.19. The van der Waals surface area contributed by atoms with Crippen LogP contribution in [0.15, 0.2) is 0 Å². The van der Waals surface area contributed by atoms with Crippen LogP contribution in [0, 0.1) is 23.7 Å². The fraction of sp³-hybridized carbons (Fsp3) is 0.895. The minimum atomic E-state index is 0.0618. The van der Waals surface area contributed by atoms with Gasteiger partial charge in [-0.2, -0.15) is 0 Å². The second-order valence-electron chi connectivity index (χ2n) is 8.19. The Bertz CT molecular complexity index is 506. The first-order chi connectivity index (χ1) is 11.2. The molecule has 23 heavy (non-hydrogen) atoms. The fourth-order valence-corrected chi connectivity index (χ4v) is 6.19. The van der Waals surface area contributed by atoms with Crippen molar-refractivity contribution in [3.63, 3.8) is 0 Å². The Morgan fingerprint density at radius 3 is 1.87 bits per heavy atom. The standard InChI is InChI=1S/C19H30N2O2/c1-3-5-15-19(23)17-11-6-8-13-16(18(22)12(4-2)20-13)10(11)7-9-14(17)21-15/h10-17,20-21H,3-9H2,1-2H3. The maximum absolute atomic E-state index is 12.9. The maximum Gasteiger partial charge on any atom is 0.154 e. The van der Waals surface area contributed by atoms with E-state index >= 15 is 0 Å². The molecule has 0 spiro atoms. The molecule has 4 aliphatic rings. The Morgan fingerprint density at radius 2 is 1.35 bits per heavy atom. The molecule has 8 atom stereocenters. The molecule has 2 N–H and O–H groups in total. The summed E-state index contributed by atoms with van der Waals surface area (Å²) in [6.07, 6.45) is 7.31. The number of rotatable bonds is 3. The van der Waals surface area contributed by atoms with Crippen molar-refractivity contribution >= 4 is 11.6 Å². The van der Waals surface area contributed by atoms with Gasteiger partial charge in [-0.3, -0.25) is 9.59 Å². The summed E-state index contributed by atoms with van der Waals surface area (Å²) in [6.45, 7) is 4.25. The van der Waals surface area contributed by atoms with Gasteiger partial charge in [-0.1, -0.05) is 20.3 Å². The van der Waals surface area contributed by atoms with Gasteiger partial charge in [0.15, 0.2) is 11.6 Å². The fourth-order valence-electron chi connectivity index (χ4n) is 6.19. The van der Waals surface area contributed by atoms with E-state index in [1.54, 1.807) is 0 Å². The molecular weight excluding hydrogens is 288 g/mol. The summed E-state index contributed by atoms with van der Waals surface area (Å²) in [5.74, 6) is 2.14. The summed E-state index contributed by atoms with van der Waals surface area (Å²) >= 11 is 0. The molecule has 4 nitrogen and oxygen atoms in total. The highest BCUT2D eigenvalue weighted by Gasteiger charge is 2.57. The zero-order valence-electron chi connectivity index (χ0n) is 14.4. The van der Waals surface area contributed by atoms with Gasteiger partial charge in [0.2, 0.25) is 0 Å². The average molecular weight is 318 g/mol. The largest absolute Gasteiger partial charge is 0.304 e. The SMILES string of the molecule is CCCC1NC2CCC3C(CCC4NC(CC)C(=O)C43)C2C1=O. The Kier molecular flexibility index (Phi) is 4.09. The highest BCUT2D eigenvalue weighted by Crippen LogP contribution is 2.51. The van der Waals surface area contributed by atoms with Crippen molar-refractivity contribution < 1.29 is 9.59 Å². The van der Waals surface area contributed by atoms with Crippen LogP contribution < -0.4 is 10.6 Å². The first-order valence-corrected chi connectivity index (χ1v) is 9.75. The molecule has 128 valence electrons. The van der Waals surface area contributed by atoms with Crippen molar-refractivity contribution in [1.29, 1.82) is 0 Å². The molecule has 0 aromatic rings. The molecule has 8 unspecified atom stereocenters. The van der Waals surface area contributed by atoms with E-state index in [-0.39, 0.29) is 23.9 Å². The van der Waals surface area contributed by atoms with Gasteiger partial charge in [0.25, 0.3) is 0 Å². The summed E-state index contributed by atoms with van der Waals surface area (Å²) in [7, 11) is 0. The number of fused-ring (bicyclic) bond motifs is 5. The predicted molar refractivity (Wildman–Crippen MR) is 89.1 cm³/mol. The third-order valence-corrected chi connectivity index (χ3v) is 7.12. The third kappa shape index (κ3) is 2.32. The van der Waals surface area contributed by atoms with Crippen LogP contribution in [-0.4, -0.2) is 35.7 Å². The van der Waals surface area contributed by atoms with Crippen LogP contribution >= 0.6 is 0 Å². The number of ketones is 2. The lowest BCUT2D eigenvalue weighted by atomic mass is 9.58. The molecule has 0 aromatic carbocycles. The second kappa shape index (κ2) is 5.96. The summed E-state index contributed by atoms with van der Waals surface area (Å²) in [5.41, 5.74) is 0. The Morgan fingerprint density at radius 1 is 0.826 bits per heavy atom. The van der Waals surface area contributed by atoms with Gasteiger partial charge in [-0.05, 0) is 50.4 Å². The average Bonchev–Trinajstić information content (AvgIpc) is 3.05. The van der Waals surface area contributed by atoms with Gasteiger partial charge in [-0.25, -0.2) is 0 Å². The Labute approximate surface area is 139 Å². The van der Waals surface area contributed by atoms with Crippen molar-refractivity contribution in [2.45, 2.75) is 83.0 Å². The van der Waals surface area contributed by atoms with Gasteiger partial charge in [0, 0.05) is 23.9 Å². The second-order valence-corrected chi connectivity index (χ2v) is 8.19. The summed E-state index contributed by atoms with van der Waals surface area (Å²) < 4.78 is 0. The van der Waals surface area contributed by atoms with Gasteiger partial charge in [-0.15, -0.1) is 0 Å². The minimum Gasteiger partial charge on any atom is -0.304 e. The minimum absolute atomic E-state index is 0.0618. The van der Waals surface area contributed by atoms with Crippen molar-refractivity contribution in [3.05, 3.63) is 0 Å². The quantitative estimate of drug-likeness (QED) is 0.836. The van der Waals surface area contributed by atoms with Crippen molar-refractivity contribution in [2.24, 2.45) is 23.7 Å². The number of hydrogen-bond acceptors (Lipinski definition) is 4. The molecule has 2 saturated heterocycles. The third-order valence-electron chi connectivity index (χ3n) is 7.12. The first-order valence-electron chi connectivity index (χ1n) is 9.75. The van der Waals surface area contributed by atoms with Crippen LogP contribution in [0.25, 0.3) is 0 Å². The Balaban J connectivity index is 1.57. The predicted octanol–water partition coefficient (Wildman–Crippen LogP) is 2.07. The van der Waals surface area contributed by atoms with Gasteiger partial charge < -0.3 is 10.6 Å². The molecule has 0 radical (unpaired) electrons. The van der Waals surface area contributed by atoms with Gasteiger partial charge in [0.05, 0.1) is 12.1 Å². The van der Waals surface area contributed by atoms with E-state index in [0.29, 0.717) is 35.5 Å². The molecule has 4 fully saturated rings. The van der Waals surface area contributed by atoms with Crippen LogP contribution in [0.3, 0.4) is 0 Å². The van der Waals surface area contributed by atoms with E-state index in [0.717, 1.165) is 44.9 Å². The summed E-state index contributed by atoms with van der Waals surface area (Å²) in [6, 6.07) is 0.892. The van der Waals surface area contributed by atoms with E-state index in [2.05, 4.69) is 24.5 Å². The molecular formula is C19H30N2O2. The molecule has 4 rings (SSSR count). The van der Waals surface area contributed by atoms with E-state index < -0.39 is 0 Å². The molecule has 0 aromatic heterocycles. The number of nitrogens with one attached hydrogen (secondary N) is 2. The van der Waals surface area contributed by atoms with Gasteiger partial charge in [0.1, 0.15) is 0 Å². The first kappa shape index (κ1) is 15.8. The molecule has 2 saturated carbocycles. The molecule has 2 aliphatic carbocycles. The van der Waals surface area contributed by atoms with Crippen LogP contribution in [0.5, 0.6) is 0 Å². The van der Waals surface area contributed by atoms with E-state index in [4.69, 9.17) is 0 Å². The smallest absolute Gasteiger partial charge is 0.154 e. The summed E-state index contributed by atoms with van der Waals surface area (Å²) in [4.78, 5) is 25.7. The molecule has 0 bridgehead atoms. The van der Waals surface area contributed by atoms with Crippen LogP contribution in [0.1, 0.15) is 58.8 Å². The normalized spacial score (nSPS) is 49.0. The molecule has 4 heteroatoms. The molecule has 2 heterocycles. The van der Waals surface area contributed by atoms with E-state index in [1.165, 1.54) is 0 Å². The maximum atomic E-state index is 12.9. The van der Waals surface area contributed by atoms with E-state index in [1.807, 2.05) is 0 Å². The number of Topliss-reactive ketones (excluding diaryl/α,β-unsaturated/α-hetero) is 2. The van der Waals surface area contributed by atoms with Crippen molar-refractivity contribution in [2.75, 3.05) is 0 Å². The molecule has 2 aliphatic heterocycles. The highest BCUT2D eigenvalue weighted by atomic mass is 16.1. The van der Waals surface area contributed by atoms with Crippen LogP contribution in [0.4, 0.5) is 0 Å². The van der Waals surface area contributed by atoms with Gasteiger partial charge >= 0.3 is 0 Å². The van der Waals surface area contributed by atoms with Crippen molar-refractivity contribution in [3.8, 4) is 0 Å². The lowest BCUT2D eigenvalue weighted by Gasteiger charge is -2.46. The highest BCUT2D eigenvalue weighted by molar-refractivity contribution is 5.91. The zero-order chi connectivity index (χ0) is 16.1. The lowest BCUT2D eigenvalue weighted by Crippen LogP contribution is -2.50. The topological polar surface area (TPSA) is 58.2 Å². The van der Waals surface area contributed by atoms with E-state index in [9.17, 15) is 9.59 Å². The van der Waals surface area contributed by atoms with Crippen molar-refractivity contribution in [1.82, 2.24) is 10.6 Å². The van der Waals surface area contributed by atoms with Crippen LogP contribution in [-0.2, 0) is 9.59 Å².